The molecule has 1 heterocycles. The largest absolute Gasteiger partial charge is 0.389 e. The number of rotatable bonds is 2. The molecule has 3 nitrogen and oxygen atoms in total. The maximum atomic E-state index is 10.6. The second-order valence-corrected chi connectivity index (χ2v) is 6.35. The average molecular weight is 301 g/mol. The number of aliphatic hydroxyl groups is 1. The van der Waals surface area contributed by atoms with Gasteiger partial charge in [0.25, 0.3) is 0 Å². The molecular formula is C13H21BrN2O. The summed E-state index contributed by atoms with van der Waals surface area (Å²) >= 11 is 3.57. The van der Waals surface area contributed by atoms with Crippen LogP contribution in [0.15, 0.2) is 4.47 Å². The van der Waals surface area contributed by atoms with Gasteiger partial charge in [0, 0.05) is 13.5 Å². The molecule has 1 fully saturated rings. The van der Waals surface area contributed by atoms with Crippen LogP contribution in [0.1, 0.15) is 44.0 Å². The van der Waals surface area contributed by atoms with Crippen LogP contribution in [0.2, 0.25) is 0 Å². The van der Waals surface area contributed by atoms with Gasteiger partial charge in [0.1, 0.15) is 0 Å². The number of aromatic nitrogens is 2. The summed E-state index contributed by atoms with van der Waals surface area (Å²) in [6, 6.07) is 0. The Hall–Kier alpha value is -0.350. The molecule has 0 atom stereocenters. The van der Waals surface area contributed by atoms with E-state index in [0.717, 1.165) is 47.5 Å². The quantitative estimate of drug-likeness (QED) is 0.912. The number of hydrogen-bond acceptors (Lipinski definition) is 2. The first-order chi connectivity index (χ1) is 7.91. The monoisotopic (exact) mass is 300 g/mol. The third-order valence-corrected chi connectivity index (χ3v) is 4.99. The summed E-state index contributed by atoms with van der Waals surface area (Å²) in [7, 11) is 1.95. The molecule has 0 amide bonds. The Labute approximate surface area is 111 Å². The molecule has 4 heteroatoms. The van der Waals surface area contributed by atoms with Gasteiger partial charge < -0.3 is 5.11 Å². The first kappa shape index (κ1) is 13.1. The van der Waals surface area contributed by atoms with Crippen LogP contribution in [0.4, 0.5) is 0 Å². The molecule has 0 bridgehead atoms. The Kier molecular flexibility index (Phi) is 3.64. The van der Waals surface area contributed by atoms with Crippen LogP contribution in [0, 0.1) is 12.8 Å². The van der Waals surface area contributed by atoms with Crippen LogP contribution in [-0.2, 0) is 13.5 Å². The Balaban J connectivity index is 2.15. The van der Waals surface area contributed by atoms with E-state index in [1.165, 1.54) is 0 Å². The van der Waals surface area contributed by atoms with Crippen molar-refractivity contribution in [2.75, 3.05) is 0 Å². The second-order valence-electron chi connectivity index (χ2n) is 5.55. The Morgan fingerprint density at radius 1 is 1.47 bits per heavy atom. The van der Waals surface area contributed by atoms with Gasteiger partial charge in [-0.3, -0.25) is 4.68 Å². The lowest BCUT2D eigenvalue weighted by molar-refractivity contribution is -0.00825. The van der Waals surface area contributed by atoms with Gasteiger partial charge in [0.2, 0.25) is 0 Å². The van der Waals surface area contributed by atoms with Crippen molar-refractivity contribution in [1.82, 2.24) is 9.78 Å². The van der Waals surface area contributed by atoms with Crippen LogP contribution in [0.25, 0.3) is 0 Å². The predicted molar refractivity (Wildman–Crippen MR) is 71.9 cm³/mol. The van der Waals surface area contributed by atoms with Crippen molar-refractivity contribution in [3.63, 3.8) is 0 Å². The summed E-state index contributed by atoms with van der Waals surface area (Å²) in [6.45, 7) is 4.25. The maximum Gasteiger partial charge on any atom is 0.0738 e. The summed E-state index contributed by atoms with van der Waals surface area (Å²) in [5, 5.41) is 15.0. The fourth-order valence-corrected chi connectivity index (χ4v) is 3.14. The normalized spacial score (nSPS) is 29.6. The van der Waals surface area contributed by atoms with Crippen LogP contribution in [0.3, 0.4) is 0 Å². The van der Waals surface area contributed by atoms with Gasteiger partial charge in [-0.1, -0.05) is 6.92 Å². The highest BCUT2D eigenvalue weighted by Crippen LogP contribution is 2.35. The van der Waals surface area contributed by atoms with E-state index in [4.69, 9.17) is 0 Å². The van der Waals surface area contributed by atoms with E-state index < -0.39 is 5.60 Å². The summed E-state index contributed by atoms with van der Waals surface area (Å²) in [6.07, 6.45) is 4.78. The van der Waals surface area contributed by atoms with Crippen LogP contribution < -0.4 is 0 Å². The highest BCUT2D eigenvalue weighted by molar-refractivity contribution is 9.10. The molecule has 0 unspecified atom stereocenters. The molecule has 96 valence electrons. The van der Waals surface area contributed by atoms with Crippen molar-refractivity contribution in [2.45, 2.75) is 51.6 Å². The van der Waals surface area contributed by atoms with Crippen molar-refractivity contribution in [1.29, 1.82) is 0 Å². The van der Waals surface area contributed by atoms with E-state index in [9.17, 15) is 5.11 Å². The van der Waals surface area contributed by atoms with E-state index >= 15 is 0 Å². The van der Waals surface area contributed by atoms with Gasteiger partial charge in [-0.25, -0.2) is 0 Å². The molecule has 1 aliphatic rings. The van der Waals surface area contributed by atoms with Gasteiger partial charge in [0.15, 0.2) is 0 Å². The lowest BCUT2D eigenvalue weighted by atomic mass is 9.77. The van der Waals surface area contributed by atoms with E-state index in [-0.39, 0.29) is 0 Å². The van der Waals surface area contributed by atoms with Crippen molar-refractivity contribution >= 4 is 15.9 Å². The third kappa shape index (κ3) is 2.74. The molecule has 17 heavy (non-hydrogen) atoms. The van der Waals surface area contributed by atoms with Crippen molar-refractivity contribution in [3.8, 4) is 0 Å². The van der Waals surface area contributed by atoms with Crippen molar-refractivity contribution < 1.29 is 5.11 Å². The van der Waals surface area contributed by atoms with Gasteiger partial charge in [0.05, 0.1) is 21.5 Å². The maximum absolute atomic E-state index is 10.6. The van der Waals surface area contributed by atoms with Gasteiger partial charge in [-0.2, -0.15) is 5.10 Å². The molecule has 2 rings (SSSR count). The Morgan fingerprint density at radius 3 is 2.53 bits per heavy atom. The van der Waals surface area contributed by atoms with Gasteiger partial charge in [-0.05, 0) is 54.5 Å². The van der Waals surface area contributed by atoms with E-state index in [2.05, 4.69) is 28.0 Å². The van der Waals surface area contributed by atoms with Crippen molar-refractivity contribution in [3.05, 3.63) is 15.9 Å². The Morgan fingerprint density at radius 2 is 2.06 bits per heavy atom. The number of aryl methyl sites for hydroxylation is 2. The van der Waals surface area contributed by atoms with Crippen LogP contribution in [0.5, 0.6) is 0 Å². The fourth-order valence-electron chi connectivity index (χ4n) is 2.66. The standard InChI is InChI=1S/C13H21BrN2O/c1-9-4-6-13(17,7-5-9)8-11-12(14)10(2)15-16(11)3/h9,17H,4-8H2,1-3H3. The molecule has 1 aromatic rings. The summed E-state index contributed by atoms with van der Waals surface area (Å²) < 4.78 is 2.93. The van der Waals surface area contributed by atoms with Crippen LogP contribution in [-0.4, -0.2) is 20.5 Å². The molecule has 1 aromatic heterocycles. The third-order valence-electron chi connectivity index (χ3n) is 3.96. The van der Waals surface area contributed by atoms with E-state index in [1.54, 1.807) is 0 Å². The molecule has 1 N–H and O–H groups in total. The minimum Gasteiger partial charge on any atom is -0.389 e. The summed E-state index contributed by atoms with van der Waals surface area (Å²) in [4.78, 5) is 0. The highest BCUT2D eigenvalue weighted by Gasteiger charge is 2.33. The smallest absolute Gasteiger partial charge is 0.0738 e. The molecule has 1 saturated carbocycles. The minimum absolute atomic E-state index is 0.532. The summed E-state index contributed by atoms with van der Waals surface area (Å²) in [5.41, 5.74) is 1.57. The average Bonchev–Trinajstić information content (AvgIpc) is 2.50. The first-order valence-electron chi connectivity index (χ1n) is 6.32. The van der Waals surface area contributed by atoms with E-state index in [1.807, 2.05) is 18.7 Å². The molecule has 0 saturated heterocycles. The molecule has 0 aromatic carbocycles. The number of halogens is 1. The van der Waals surface area contributed by atoms with Crippen LogP contribution >= 0.6 is 15.9 Å². The molecular weight excluding hydrogens is 280 g/mol. The number of hydrogen-bond donors (Lipinski definition) is 1. The number of nitrogens with zero attached hydrogens (tertiary/aromatic N) is 2. The Bertz CT molecular complexity index is 406. The summed E-state index contributed by atoms with van der Waals surface area (Å²) in [5.74, 6) is 0.756. The SMILES string of the molecule is Cc1nn(C)c(CC2(O)CCC(C)CC2)c1Br. The first-order valence-corrected chi connectivity index (χ1v) is 7.11. The molecule has 1 aliphatic carbocycles. The molecule has 0 aliphatic heterocycles. The van der Waals surface area contributed by atoms with Gasteiger partial charge in [-0.15, -0.1) is 0 Å². The lowest BCUT2D eigenvalue weighted by Gasteiger charge is -2.35. The fraction of sp³-hybridized carbons (Fsp3) is 0.769. The zero-order valence-corrected chi connectivity index (χ0v) is 12.4. The predicted octanol–water partition coefficient (Wildman–Crippen LogP) is 2.97. The molecule has 0 spiro atoms. The highest BCUT2D eigenvalue weighted by atomic mass is 79.9. The topological polar surface area (TPSA) is 38.0 Å². The van der Waals surface area contributed by atoms with E-state index in [0.29, 0.717) is 6.42 Å². The zero-order valence-electron chi connectivity index (χ0n) is 10.8. The van der Waals surface area contributed by atoms with Crippen molar-refractivity contribution in [2.24, 2.45) is 13.0 Å². The lowest BCUT2D eigenvalue weighted by Crippen LogP contribution is -2.36. The second kappa shape index (κ2) is 4.73. The molecule has 0 radical (unpaired) electrons. The zero-order chi connectivity index (χ0) is 12.6. The van der Waals surface area contributed by atoms with Gasteiger partial charge >= 0.3 is 0 Å². The minimum atomic E-state index is -0.532.